The van der Waals surface area contributed by atoms with E-state index in [2.05, 4.69) is 15.9 Å². The fraction of sp³-hybridized carbons (Fsp3) is 0.133. The number of nitrogen functional groups attached to an aromatic ring is 1. The average molecular weight is 351 g/mol. The lowest BCUT2D eigenvalue weighted by molar-refractivity contribution is 0.1000. The zero-order valence-electron chi connectivity index (χ0n) is 11.6. The van der Waals surface area contributed by atoms with Gasteiger partial charge in [0.15, 0.2) is 11.5 Å². The van der Waals surface area contributed by atoms with Gasteiger partial charge in [0.2, 0.25) is 5.91 Å². The highest BCUT2D eigenvalue weighted by molar-refractivity contribution is 9.10. The average Bonchev–Trinajstić information content (AvgIpc) is 2.44. The van der Waals surface area contributed by atoms with E-state index >= 15 is 0 Å². The molecule has 1 amide bonds. The molecule has 6 heteroatoms. The zero-order chi connectivity index (χ0) is 15.6. The first-order chi connectivity index (χ1) is 9.92. The number of hydrogen-bond donors (Lipinski definition) is 2. The molecule has 5 nitrogen and oxygen atoms in total. The van der Waals surface area contributed by atoms with Crippen LogP contribution in [0.3, 0.4) is 0 Å². The Labute approximate surface area is 131 Å². The molecule has 0 radical (unpaired) electrons. The van der Waals surface area contributed by atoms with Crippen LogP contribution in [0.4, 0.5) is 5.69 Å². The summed E-state index contributed by atoms with van der Waals surface area (Å²) in [4.78, 5) is 11.2. The number of aryl methyl sites for hydroxylation is 1. The summed E-state index contributed by atoms with van der Waals surface area (Å²) in [5.41, 5.74) is 13.0. The van der Waals surface area contributed by atoms with Gasteiger partial charge in [0.25, 0.3) is 0 Å². The van der Waals surface area contributed by atoms with Crippen LogP contribution < -0.4 is 20.9 Å². The molecule has 2 aromatic carbocycles. The van der Waals surface area contributed by atoms with Crippen LogP contribution in [0.2, 0.25) is 0 Å². The summed E-state index contributed by atoms with van der Waals surface area (Å²) in [5.74, 6) is 0.983. The first-order valence-corrected chi connectivity index (χ1v) is 6.93. The van der Waals surface area contributed by atoms with E-state index in [1.807, 2.05) is 13.0 Å². The summed E-state index contributed by atoms with van der Waals surface area (Å²) >= 11 is 3.40. The van der Waals surface area contributed by atoms with Crippen molar-refractivity contribution in [1.29, 1.82) is 0 Å². The second-order valence-electron chi connectivity index (χ2n) is 4.47. The monoisotopic (exact) mass is 350 g/mol. The van der Waals surface area contributed by atoms with E-state index in [0.717, 1.165) is 10.0 Å². The van der Waals surface area contributed by atoms with Crippen molar-refractivity contribution in [3.05, 3.63) is 45.9 Å². The van der Waals surface area contributed by atoms with Gasteiger partial charge in [0.1, 0.15) is 5.75 Å². The Balaban J connectivity index is 2.40. The van der Waals surface area contributed by atoms with Gasteiger partial charge in [0.05, 0.1) is 11.6 Å². The molecule has 110 valence electrons. The SMILES string of the molecule is COc1cc(C(N)=O)ccc1Oc1cc(C)c(N)cc1Br. The van der Waals surface area contributed by atoms with Gasteiger partial charge in [0, 0.05) is 11.3 Å². The van der Waals surface area contributed by atoms with Crippen LogP contribution in [0.15, 0.2) is 34.8 Å². The molecule has 2 rings (SSSR count). The van der Waals surface area contributed by atoms with Gasteiger partial charge >= 0.3 is 0 Å². The number of rotatable bonds is 4. The van der Waals surface area contributed by atoms with Crippen molar-refractivity contribution in [2.24, 2.45) is 5.73 Å². The number of amides is 1. The number of carbonyl (C=O) groups excluding carboxylic acids is 1. The second kappa shape index (κ2) is 6.05. The molecule has 0 aliphatic heterocycles. The number of hydrogen-bond acceptors (Lipinski definition) is 4. The number of ether oxygens (including phenoxy) is 2. The van der Waals surface area contributed by atoms with Crippen molar-refractivity contribution in [2.45, 2.75) is 6.92 Å². The summed E-state index contributed by atoms with van der Waals surface area (Å²) in [6, 6.07) is 8.35. The van der Waals surface area contributed by atoms with E-state index < -0.39 is 5.91 Å². The molecular weight excluding hydrogens is 336 g/mol. The van der Waals surface area contributed by atoms with Crippen molar-refractivity contribution in [1.82, 2.24) is 0 Å². The van der Waals surface area contributed by atoms with Crippen LogP contribution in [0, 0.1) is 6.92 Å². The lowest BCUT2D eigenvalue weighted by atomic mass is 10.2. The number of carbonyl (C=O) groups is 1. The van der Waals surface area contributed by atoms with E-state index in [4.69, 9.17) is 20.9 Å². The number of anilines is 1. The van der Waals surface area contributed by atoms with Gasteiger partial charge in [-0.3, -0.25) is 4.79 Å². The van der Waals surface area contributed by atoms with E-state index in [1.165, 1.54) is 13.2 Å². The molecule has 0 aliphatic carbocycles. The normalized spacial score (nSPS) is 10.2. The van der Waals surface area contributed by atoms with Crippen LogP contribution in [-0.4, -0.2) is 13.0 Å². The molecule has 0 saturated heterocycles. The van der Waals surface area contributed by atoms with Crippen LogP contribution in [0.1, 0.15) is 15.9 Å². The molecule has 4 N–H and O–H groups in total. The van der Waals surface area contributed by atoms with Crippen molar-refractivity contribution in [2.75, 3.05) is 12.8 Å². The highest BCUT2D eigenvalue weighted by Crippen LogP contribution is 2.37. The van der Waals surface area contributed by atoms with Gasteiger partial charge < -0.3 is 20.9 Å². The highest BCUT2D eigenvalue weighted by Gasteiger charge is 2.12. The molecular formula is C15H15BrN2O3. The van der Waals surface area contributed by atoms with Crippen molar-refractivity contribution in [3.8, 4) is 17.2 Å². The van der Waals surface area contributed by atoms with Crippen molar-refractivity contribution < 1.29 is 14.3 Å². The van der Waals surface area contributed by atoms with Gasteiger partial charge in [-0.2, -0.15) is 0 Å². The predicted octanol–water partition coefficient (Wildman–Crippen LogP) is 3.24. The van der Waals surface area contributed by atoms with Crippen LogP contribution in [0.5, 0.6) is 17.2 Å². The summed E-state index contributed by atoms with van der Waals surface area (Å²) in [6.45, 7) is 1.89. The smallest absolute Gasteiger partial charge is 0.248 e. The minimum Gasteiger partial charge on any atom is -0.493 e. The number of halogens is 1. The molecule has 0 fully saturated rings. The van der Waals surface area contributed by atoms with E-state index in [-0.39, 0.29) is 0 Å². The number of primary amides is 1. The molecule has 2 aromatic rings. The van der Waals surface area contributed by atoms with Gasteiger partial charge in [-0.05, 0) is 58.7 Å². The standard InChI is InChI=1S/C15H15BrN2O3/c1-8-5-13(10(16)7-11(8)17)21-12-4-3-9(15(18)19)6-14(12)20-2/h3-7H,17H2,1-2H3,(H2,18,19). The third kappa shape index (κ3) is 3.28. The van der Waals surface area contributed by atoms with E-state index in [9.17, 15) is 4.79 Å². The highest BCUT2D eigenvalue weighted by atomic mass is 79.9. The maximum Gasteiger partial charge on any atom is 0.248 e. The Morgan fingerprint density at radius 3 is 2.48 bits per heavy atom. The number of methoxy groups -OCH3 is 1. The predicted molar refractivity (Wildman–Crippen MR) is 84.9 cm³/mol. The summed E-state index contributed by atoms with van der Waals surface area (Å²) in [6.07, 6.45) is 0. The van der Waals surface area contributed by atoms with Gasteiger partial charge in [-0.15, -0.1) is 0 Å². The molecule has 0 saturated carbocycles. The maximum atomic E-state index is 11.2. The number of benzene rings is 2. The molecule has 0 aliphatic rings. The van der Waals surface area contributed by atoms with Gasteiger partial charge in [-0.25, -0.2) is 0 Å². The molecule has 0 heterocycles. The van der Waals surface area contributed by atoms with E-state index in [0.29, 0.717) is 28.5 Å². The zero-order valence-corrected chi connectivity index (χ0v) is 13.2. The van der Waals surface area contributed by atoms with Crippen molar-refractivity contribution in [3.63, 3.8) is 0 Å². The minimum absolute atomic E-state index is 0.353. The first-order valence-electron chi connectivity index (χ1n) is 6.13. The Morgan fingerprint density at radius 2 is 1.86 bits per heavy atom. The maximum absolute atomic E-state index is 11.2. The molecule has 0 atom stereocenters. The third-order valence-electron chi connectivity index (χ3n) is 2.99. The molecule has 0 unspecified atom stereocenters. The quantitative estimate of drug-likeness (QED) is 0.828. The number of nitrogens with two attached hydrogens (primary N) is 2. The fourth-order valence-corrected chi connectivity index (χ4v) is 2.21. The molecule has 0 aromatic heterocycles. The van der Waals surface area contributed by atoms with Gasteiger partial charge in [-0.1, -0.05) is 0 Å². The first kappa shape index (κ1) is 15.2. The lowest BCUT2D eigenvalue weighted by Crippen LogP contribution is -2.10. The van der Waals surface area contributed by atoms with Crippen LogP contribution >= 0.6 is 15.9 Å². The second-order valence-corrected chi connectivity index (χ2v) is 5.33. The lowest BCUT2D eigenvalue weighted by Gasteiger charge is -2.13. The minimum atomic E-state index is -0.524. The molecule has 21 heavy (non-hydrogen) atoms. The van der Waals surface area contributed by atoms with E-state index in [1.54, 1.807) is 18.2 Å². The topological polar surface area (TPSA) is 87.6 Å². The Morgan fingerprint density at radius 1 is 1.14 bits per heavy atom. The van der Waals surface area contributed by atoms with Crippen molar-refractivity contribution >= 4 is 27.5 Å². The van der Waals surface area contributed by atoms with Crippen LogP contribution in [0.25, 0.3) is 0 Å². The summed E-state index contributed by atoms with van der Waals surface area (Å²) < 4.78 is 11.8. The van der Waals surface area contributed by atoms with Crippen LogP contribution in [-0.2, 0) is 0 Å². The third-order valence-corrected chi connectivity index (χ3v) is 3.61. The Hall–Kier alpha value is -2.21. The Kier molecular flexibility index (Phi) is 4.37. The molecule has 0 spiro atoms. The Bertz CT molecular complexity index is 702. The largest absolute Gasteiger partial charge is 0.493 e. The molecule has 0 bridgehead atoms. The summed E-state index contributed by atoms with van der Waals surface area (Å²) in [5, 5.41) is 0. The summed E-state index contributed by atoms with van der Waals surface area (Å²) in [7, 11) is 1.50. The fourth-order valence-electron chi connectivity index (χ4n) is 1.77.